The van der Waals surface area contributed by atoms with E-state index in [0.717, 1.165) is 11.5 Å². The molecular weight excluding hydrogens is 412 g/mol. The lowest BCUT2D eigenvalue weighted by Crippen LogP contribution is -2.37. The van der Waals surface area contributed by atoms with Gasteiger partial charge >= 0.3 is 0 Å². The number of hydrogen-bond acceptors (Lipinski definition) is 5. The maximum absolute atomic E-state index is 12.7. The molecule has 2 aromatic rings. The van der Waals surface area contributed by atoms with Gasteiger partial charge in [0.2, 0.25) is 15.9 Å². The molecule has 2 amide bonds. The first-order chi connectivity index (χ1) is 13.8. The van der Waals surface area contributed by atoms with Gasteiger partial charge in [-0.2, -0.15) is 16.1 Å². The molecular formula is C19H24N4O4S2. The molecule has 2 heterocycles. The minimum atomic E-state index is -3.61. The number of aromatic nitrogens is 1. The molecule has 0 aliphatic carbocycles. The van der Waals surface area contributed by atoms with Crippen molar-refractivity contribution in [1.29, 1.82) is 0 Å². The lowest BCUT2D eigenvalue weighted by atomic mass is 10.2. The van der Waals surface area contributed by atoms with E-state index in [4.69, 9.17) is 0 Å². The molecule has 3 rings (SSSR count). The van der Waals surface area contributed by atoms with E-state index in [1.54, 1.807) is 49.9 Å². The van der Waals surface area contributed by atoms with Crippen LogP contribution < -0.4 is 10.6 Å². The second-order valence-electron chi connectivity index (χ2n) is 6.94. The molecule has 29 heavy (non-hydrogen) atoms. The second-order valence-corrected chi connectivity index (χ2v) is 10.1. The van der Waals surface area contributed by atoms with E-state index in [2.05, 4.69) is 15.6 Å². The van der Waals surface area contributed by atoms with Gasteiger partial charge in [0.25, 0.3) is 5.91 Å². The first-order valence-corrected chi connectivity index (χ1v) is 11.9. The predicted molar refractivity (Wildman–Crippen MR) is 115 cm³/mol. The Morgan fingerprint density at radius 3 is 2.41 bits per heavy atom. The van der Waals surface area contributed by atoms with Crippen LogP contribution >= 0.6 is 11.8 Å². The van der Waals surface area contributed by atoms with Gasteiger partial charge in [-0.3, -0.25) is 9.59 Å². The zero-order chi connectivity index (χ0) is 21.0. The number of nitrogens with one attached hydrogen (secondary N) is 3. The summed E-state index contributed by atoms with van der Waals surface area (Å²) in [6, 6.07) is 8.12. The Hall–Kier alpha value is -2.30. The van der Waals surface area contributed by atoms with Gasteiger partial charge in [-0.15, -0.1) is 0 Å². The van der Waals surface area contributed by atoms with Gasteiger partial charge in [-0.1, -0.05) is 19.9 Å². The standard InChI is InChI=1S/C19H24N4O4S2/c1-13(2)18(24)21-14-4-3-5-15(10-14)22-19(25)17-11-16(12-20-17)29(26,27)23-6-8-28-9-7-23/h3-5,10-13,20H,6-9H2,1-2H3,(H,21,24)(H,22,25). The summed E-state index contributed by atoms with van der Waals surface area (Å²) in [5.74, 6) is 0.782. The summed E-state index contributed by atoms with van der Waals surface area (Å²) in [5, 5.41) is 5.48. The molecule has 156 valence electrons. The third-order valence-electron chi connectivity index (χ3n) is 4.42. The van der Waals surface area contributed by atoms with Crippen molar-refractivity contribution in [3.63, 3.8) is 0 Å². The molecule has 0 spiro atoms. The molecule has 3 N–H and O–H groups in total. The zero-order valence-electron chi connectivity index (χ0n) is 16.3. The Bertz CT molecular complexity index is 995. The third kappa shape index (κ3) is 5.20. The fourth-order valence-electron chi connectivity index (χ4n) is 2.75. The molecule has 0 bridgehead atoms. The van der Waals surface area contributed by atoms with Crippen molar-refractivity contribution in [3.05, 3.63) is 42.2 Å². The van der Waals surface area contributed by atoms with Crippen LogP contribution in [-0.4, -0.2) is 54.1 Å². The molecule has 1 aliphatic heterocycles. The van der Waals surface area contributed by atoms with Gasteiger partial charge in [-0.05, 0) is 24.3 Å². The van der Waals surface area contributed by atoms with Crippen molar-refractivity contribution >= 4 is 45.0 Å². The molecule has 0 radical (unpaired) electrons. The number of H-pyrrole nitrogens is 1. The second kappa shape index (κ2) is 9.02. The minimum absolute atomic E-state index is 0.0764. The van der Waals surface area contributed by atoms with E-state index >= 15 is 0 Å². The number of amides is 2. The highest BCUT2D eigenvalue weighted by Gasteiger charge is 2.27. The largest absolute Gasteiger partial charge is 0.356 e. The fraction of sp³-hybridized carbons (Fsp3) is 0.368. The number of benzene rings is 1. The lowest BCUT2D eigenvalue weighted by molar-refractivity contribution is -0.118. The minimum Gasteiger partial charge on any atom is -0.356 e. The predicted octanol–water partition coefficient (Wildman–Crippen LogP) is 2.60. The van der Waals surface area contributed by atoms with Crippen molar-refractivity contribution in [2.24, 2.45) is 5.92 Å². The summed E-state index contributed by atoms with van der Waals surface area (Å²) in [6.45, 7) is 4.52. The van der Waals surface area contributed by atoms with Crippen molar-refractivity contribution < 1.29 is 18.0 Å². The van der Waals surface area contributed by atoms with Crippen LogP contribution in [0.15, 0.2) is 41.4 Å². The van der Waals surface area contributed by atoms with Crippen LogP contribution in [0.1, 0.15) is 24.3 Å². The lowest BCUT2D eigenvalue weighted by Gasteiger charge is -2.24. The highest BCUT2D eigenvalue weighted by Crippen LogP contribution is 2.22. The Labute approximate surface area is 174 Å². The topological polar surface area (TPSA) is 111 Å². The van der Waals surface area contributed by atoms with Crippen molar-refractivity contribution in [2.45, 2.75) is 18.7 Å². The van der Waals surface area contributed by atoms with Gasteiger partial charge in [0, 0.05) is 48.1 Å². The summed E-state index contributed by atoms with van der Waals surface area (Å²) in [4.78, 5) is 27.2. The molecule has 0 atom stereocenters. The Balaban J connectivity index is 1.70. The summed E-state index contributed by atoms with van der Waals surface area (Å²) in [5.41, 5.74) is 1.20. The number of anilines is 2. The molecule has 0 saturated carbocycles. The molecule has 1 aromatic heterocycles. The number of sulfonamides is 1. The molecule has 1 aromatic carbocycles. The van der Waals surface area contributed by atoms with E-state index < -0.39 is 15.9 Å². The van der Waals surface area contributed by atoms with Gasteiger partial charge in [-0.25, -0.2) is 8.42 Å². The van der Waals surface area contributed by atoms with Crippen LogP contribution in [0.3, 0.4) is 0 Å². The first-order valence-electron chi connectivity index (χ1n) is 9.26. The molecule has 1 fully saturated rings. The maximum Gasteiger partial charge on any atom is 0.272 e. The molecule has 0 unspecified atom stereocenters. The van der Waals surface area contributed by atoms with Crippen LogP contribution in [-0.2, 0) is 14.8 Å². The number of hydrogen-bond donors (Lipinski definition) is 3. The van der Waals surface area contributed by atoms with Crippen molar-refractivity contribution in [1.82, 2.24) is 9.29 Å². The van der Waals surface area contributed by atoms with Gasteiger partial charge in [0.05, 0.1) is 0 Å². The van der Waals surface area contributed by atoms with Crippen LogP contribution in [0.4, 0.5) is 11.4 Å². The molecule has 1 aliphatic rings. The number of carbonyl (C=O) groups is 2. The number of thioether (sulfide) groups is 1. The number of nitrogens with zero attached hydrogens (tertiary/aromatic N) is 1. The molecule has 8 nitrogen and oxygen atoms in total. The molecule has 1 saturated heterocycles. The van der Waals surface area contributed by atoms with Crippen LogP contribution in [0.25, 0.3) is 0 Å². The SMILES string of the molecule is CC(C)C(=O)Nc1cccc(NC(=O)c2cc(S(=O)(=O)N3CCSCC3)c[nH]2)c1. The van der Waals surface area contributed by atoms with E-state index in [-0.39, 0.29) is 22.4 Å². The maximum atomic E-state index is 12.7. The summed E-state index contributed by atoms with van der Waals surface area (Å²) < 4.78 is 26.9. The Morgan fingerprint density at radius 1 is 1.10 bits per heavy atom. The fourth-order valence-corrected chi connectivity index (χ4v) is 5.32. The van der Waals surface area contributed by atoms with Crippen molar-refractivity contribution in [2.75, 3.05) is 35.2 Å². The van der Waals surface area contributed by atoms with E-state index in [1.165, 1.54) is 16.6 Å². The van der Waals surface area contributed by atoms with Crippen LogP contribution in [0.2, 0.25) is 0 Å². The highest BCUT2D eigenvalue weighted by atomic mass is 32.2. The van der Waals surface area contributed by atoms with Gasteiger partial charge in [0.1, 0.15) is 10.6 Å². The van der Waals surface area contributed by atoms with Gasteiger partial charge < -0.3 is 15.6 Å². The van der Waals surface area contributed by atoms with Crippen molar-refractivity contribution in [3.8, 4) is 0 Å². The number of aromatic amines is 1. The van der Waals surface area contributed by atoms with Gasteiger partial charge in [0.15, 0.2) is 0 Å². The quantitative estimate of drug-likeness (QED) is 0.645. The summed E-state index contributed by atoms with van der Waals surface area (Å²) in [6.07, 6.45) is 1.34. The third-order valence-corrected chi connectivity index (χ3v) is 7.24. The number of carbonyl (C=O) groups excluding carboxylic acids is 2. The summed E-state index contributed by atoms with van der Waals surface area (Å²) >= 11 is 1.72. The smallest absolute Gasteiger partial charge is 0.272 e. The highest BCUT2D eigenvalue weighted by molar-refractivity contribution is 7.99. The molecule has 10 heteroatoms. The van der Waals surface area contributed by atoms with E-state index in [9.17, 15) is 18.0 Å². The first kappa shape index (κ1) is 21.4. The Kier molecular flexibility index (Phi) is 6.66. The van der Waals surface area contributed by atoms with Crippen LogP contribution in [0.5, 0.6) is 0 Å². The average molecular weight is 437 g/mol. The Morgan fingerprint density at radius 2 is 1.76 bits per heavy atom. The van der Waals surface area contributed by atoms with E-state index in [1.807, 2.05) is 0 Å². The average Bonchev–Trinajstić information content (AvgIpc) is 3.20. The number of rotatable bonds is 6. The zero-order valence-corrected chi connectivity index (χ0v) is 17.9. The monoisotopic (exact) mass is 436 g/mol. The normalized spacial score (nSPS) is 15.3. The van der Waals surface area contributed by atoms with Crippen LogP contribution in [0, 0.1) is 5.92 Å². The summed E-state index contributed by atoms with van der Waals surface area (Å²) in [7, 11) is -3.61. The van der Waals surface area contributed by atoms with E-state index in [0.29, 0.717) is 24.5 Å².